The molecule has 5 heteroatoms. The molecular formula is C14H15NO3S. The topological polar surface area (TPSA) is 47.6 Å². The van der Waals surface area contributed by atoms with E-state index in [-0.39, 0.29) is 0 Å². The fourth-order valence-electron chi connectivity index (χ4n) is 1.52. The van der Waals surface area contributed by atoms with E-state index in [2.05, 4.69) is 4.72 Å². The molecule has 0 bridgehead atoms. The molecule has 0 radical (unpaired) electrons. The highest BCUT2D eigenvalue weighted by molar-refractivity contribution is 7.86. The molecule has 0 unspecified atom stereocenters. The van der Waals surface area contributed by atoms with Crippen molar-refractivity contribution in [1.29, 1.82) is 0 Å². The van der Waals surface area contributed by atoms with Crippen molar-refractivity contribution in [1.82, 2.24) is 0 Å². The second-order valence-electron chi connectivity index (χ2n) is 3.77. The Hall–Kier alpha value is -2.01. The summed E-state index contributed by atoms with van der Waals surface area (Å²) in [5, 5.41) is 0. The number of rotatable bonds is 5. The third-order valence-electron chi connectivity index (χ3n) is 2.57. The van der Waals surface area contributed by atoms with E-state index in [1.54, 1.807) is 38.5 Å². The van der Waals surface area contributed by atoms with Gasteiger partial charge >= 0.3 is 0 Å². The number of nitrogens with one attached hydrogen (secondary N) is 1. The molecule has 2 aromatic carbocycles. The highest BCUT2D eigenvalue weighted by atomic mass is 32.2. The maximum Gasteiger partial charge on any atom is 0.150 e. The maximum absolute atomic E-state index is 12.1. The molecule has 2 rings (SSSR count). The van der Waals surface area contributed by atoms with Crippen molar-refractivity contribution in [3.63, 3.8) is 0 Å². The van der Waals surface area contributed by atoms with Gasteiger partial charge in [0.25, 0.3) is 0 Å². The quantitative estimate of drug-likeness (QED) is 0.914. The Morgan fingerprint density at radius 1 is 0.842 bits per heavy atom. The van der Waals surface area contributed by atoms with Gasteiger partial charge in [0.1, 0.15) is 22.5 Å². The molecule has 0 aliphatic carbocycles. The van der Waals surface area contributed by atoms with Crippen LogP contribution in [0.15, 0.2) is 53.4 Å². The van der Waals surface area contributed by atoms with Gasteiger partial charge in [-0.2, -0.15) is 0 Å². The summed E-state index contributed by atoms with van der Waals surface area (Å²) in [5.41, 5.74) is 0.773. The van der Waals surface area contributed by atoms with Gasteiger partial charge in [-0.05, 0) is 48.5 Å². The van der Waals surface area contributed by atoms with Gasteiger partial charge < -0.3 is 14.2 Å². The van der Waals surface area contributed by atoms with Gasteiger partial charge in [-0.3, -0.25) is 0 Å². The fourth-order valence-corrected chi connectivity index (χ4v) is 2.38. The van der Waals surface area contributed by atoms with Crippen LogP contribution in [-0.2, 0) is 11.0 Å². The van der Waals surface area contributed by atoms with Crippen LogP contribution in [-0.4, -0.2) is 18.4 Å². The lowest BCUT2D eigenvalue weighted by atomic mass is 10.3. The number of hydrogen-bond acceptors (Lipinski definition) is 3. The largest absolute Gasteiger partial charge is 0.497 e. The SMILES string of the molecule is COc1ccc(N[S@](=O)c2ccc(OC)cc2)cc1. The van der Waals surface area contributed by atoms with E-state index in [0.717, 1.165) is 17.2 Å². The molecule has 0 spiro atoms. The van der Waals surface area contributed by atoms with Crippen molar-refractivity contribution < 1.29 is 13.7 Å². The van der Waals surface area contributed by atoms with Crippen LogP contribution in [0.2, 0.25) is 0 Å². The zero-order valence-electron chi connectivity index (χ0n) is 10.8. The molecule has 0 aliphatic heterocycles. The van der Waals surface area contributed by atoms with E-state index in [1.807, 2.05) is 24.3 Å². The monoisotopic (exact) mass is 277 g/mol. The lowest BCUT2D eigenvalue weighted by molar-refractivity contribution is 0.414. The number of ether oxygens (including phenoxy) is 2. The normalized spacial score (nSPS) is 11.7. The van der Waals surface area contributed by atoms with Crippen molar-refractivity contribution in [3.8, 4) is 11.5 Å². The molecule has 1 N–H and O–H groups in total. The first-order chi connectivity index (χ1) is 9.22. The molecule has 4 nitrogen and oxygen atoms in total. The highest BCUT2D eigenvalue weighted by Crippen LogP contribution is 2.18. The molecule has 0 aromatic heterocycles. The van der Waals surface area contributed by atoms with E-state index < -0.39 is 11.0 Å². The summed E-state index contributed by atoms with van der Waals surface area (Å²) in [6.07, 6.45) is 0. The summed E-state index contributed by atoms with van der Waals surface area (Å²) >= 11 is 0. The minimum atomic E-state index is -1.30. The summed E-state index contributed by atoms with van der Waals surface area (Å²) in [7, 11) is 1.91. The number of hydrogen-bond donors (Lipinski definition) is 1. The van der Waals surface area contributed by atoms with Crippen LogP contribution in [0, 0.1) is 0 Å². The zero-order chi connectivity index (χ0) is 13.7. The molecule has 19 heavy (non-hydrogen) atoms. The summed E-state index contributed by atoms with van der Waals surface area (Å²) in [5.74, 6) is 1.51. The van der Waals surface area contributed by atoms with Crippen LogP contribution in [0.5, 0.6) is 11.5 Å². The smallest absolute Gasteiger partial charge is 0.150 e. The first kappa shape index (κ1) is 13.4. The molecule has 2 aromatic rings. The minimum absolute atomic E-state index is 0.691. The van der Waals surface area contributed by atoms with Crippen LogP contribution in [0.25, 0.3) is 0 Å². The molecule has 0 fully saturated rings. The van der Waals surface area contributed by atoms with E-state index >= 15 is 0 Å². The Morgan fingerprint density at radius 2 is 1.32 bits per heavy atom. The van der Waals surface area contributed by atoms with Gasteiger partial charge in [0.05, 0.1) is 19.1 Å². The summed E-state index contributed by atoms with van der Waals surface area (Å²) in [6, 6.07) is 14.4. The third kappa shape index (κ3) is 3.48. The van der Waals surface area contributed by atoms with E-state index in [1.165, 1.54) is 0 Å². The van der Waals surface area contributed by atoms with Gasteiger partial charge in [0.15, 0.2) is 0 Å². The van der Waals surface area contributed by atoms with E-state index in [0.29, 0.717) is 4.90 Å². The average molecular weight is 277 g/mol. The Labute approximate surface area is 115 Å². The van der Waals surface area contributed by atoms with Crippen molar-refractivity contribution in [2.45, 2.75) is 4.90 Å². The van der Waals surface area contributed by atoms with Gasteiger partial charge in [-0.25, -0.2) is 4.21 Å². The van der Waals surface area contributed by atoms with E-state index in [9.17, 15) is 4.21 Å². The van der Waals surface area contributed by atoms with Crippen LogP contribution in [0.3, 0.4) is 0 Å². The van der Waals surface area contributed by atoms with Gasteiger partial charge in [-0.15, -0.1) is 0 Å². The van der Waals surface area contributed by atoms with Crippen LogP contribution < -0.4 is 14.2 Å². The van der Waals surface area contributed by atoms with E-state index in [4.69, 9.17) is 9.47 Å². The summed E-state index contributed by atoms with van der Waals surface area (Å²) in [6.45, 7) is 0. The summed E-state index contributed by atoms with van der Waals surface area (Å²) in [4.78, 5) is 0.691. The highest BCUT2D eigenvalue weighted by Gasteiger charge is 2.04. The first-order valence-corrected chi connectivity index (χ1v) is 6.84. The van der Waals surface area contributed by atoms with Crippen molar-refractivity contribution in [3.05, 3.63) is 48.5 Å². The van der Waals surface area contributed by atoms with Crippen molar-refractivity contribution >= 4 is 16.7 Å². The number of anilines is 1. The van der Waals surface area contributed by atoms with Crippen LogP contribution in [0.4, 0.5) is 5.69 Å². The molecule has 0 amide bonds. The Balaban J connectivity index is 2.06. The average Bonchev–Trinajstić information content (AvgIpc) is 2.48. The lowest BCUT2D eigenvalue weighted by Gasteiger charge is -2.07. The predicted molar refractivity (Wildman–Crippen MR) is 76.0 cm³/mol. The Morgan fingerprint density at radius 3 is 1.79 bits per heavy atom. The van der Waals surface area contributed by atoms with Crippen LogP contribution >= 0.6 is 0 Å². The lowest BCUT2D eigenvalue weighted by Crippen LogP contribution is -2.04. The zero-order valence-corrected chi connectivity index (χ0v) is 11.6. The second-order valence-corrected chi connectivity index (χ2v) is 4.99. The van der Waals surface area contributed by atoms with Crippen LogP contribution in [0.1, 0.15) is 0 Å². The molecular weight excluding hydrogens is 262 g/mol. The van der Waals surface area contributed by atoms with Gasteiger partial charge in [0, 0.05) is 5.69 Å². The maximum atomic E-state index is 12.1. The van der Waals surface area contributed by atoms with Crippen molar-refractivity contribution in [2.24, 2.45) is 0 Å². The predicted octanol–water partition coefficient (Wildman–Crippen LogP) is 2.84. The third-order valence-corrected chi connectivity index (χ3v) is 3.70. The van der Waals surface area contributed by atoms with Gasteiger partial charge in [0.2, 0.25) is 0 Å². The molecule has 0 saturated heterocycles. The molecule has 0 aliphatic rings. The number of benzene rings is 2. The molecule has 100 valence electrons. The standard InChI is InChI=1S/C14H15NO3S/c1-17-12-5-3-11(4-6-12)15-19(16)14-9-7-13(18-2)8-10-14/h3-10,15H,1-2H3/t19-/m1/s1. The Kier molecular flexibility index (Phi) is 4.41. The number of methoxy groups -OCH3 is 2. The second kappa shape index (κ2) is 6.24. The van der Waals surface area contributed by atoms with Gasteiger partial charge in [-0.1, -0.05) is 0 Å². The minimum Gasteiger partial charge on any atom is -0.497 e. The van der Waals surface area contributed by atoms with Crippen molar-refractivity contribution in [2.75, 3.05) is 18.9 Å². The molecule has 1 atom stereocenters. The fraction of sp³-hybridized carbons (Fsp3) is 0.143. The molecule has 0 saturated carbocycles. The Bertz CT molecular complexity index is 552. The molecule has 0 heterocycles. The summed E-state index contributed by atoms with van der Waals surface area (Å²) < 4.78 is 25.1. The first-order valence-electron chi connectivity index (χ1n) is 5.69.